The van der Waals surface area contributed by atoms with Crippen molar-refractivity contribution in [3.8, 4) is 0 Å². The average Bonchev–Trinajstić information content (AvgIpc) is 2.33. The van der Waals surface area contributed by atoms with Crippen LogP contribution in [0.1, 0.15) is 18.4 Å². The summed E-state index contributed by atoms with van der Waals surface area (Å²) in [5, 5.41) is 0. The maximum Gasteiger partial charge on any atom is 0.123 e. The molecule has 0 spiro atoms. The van der Waals surface area contributed by atoms with Gasteiger partial charge in [-0.3, -0.25) is 4.90 Å². The van der Waals surface area contributed by atoms with Crippen molar-refractivity contribution in [1.82, 2.24) is 4.90 Å². The Labute approximate surface area is 107 Å². The van der Waals surface area contributed by atoms with Gasteiger partial charge in [0.25, 0.3) is 0 Å². The zero-order valence-corrected chi connectivity index (χ0v) is 10.4. The number of benzene rings is 1. The summed E-state index contributed by atoms with van der Waals surface area (Å²) in [6, 6.07) is 7.90. The summed E-state index contributed by atoms with van der Waals surface area (Å²) in [7, 11) is 0. The molecule has 1 aromatic rings. The highest BCUT2D eigenvalue weighted by Gasteiger charge is 2.37. The lowest BCUT2D eigenvalue weighted by Gasteiger charge is -2.47. The molecule has 0 aliphatic carbocycles. The molecule has 0 aromatic heterocycles. The molecule has 3 atom stereocenters. The number of hydrogen-bond acceptors (Lipinski definition) is 3. The first kappa shape index (κ1) is 12.1. The van der Waals surface area contributed by atoms with Gasteiger partial charge in [0.1, 0.15) is 5.82 Å². The minimum Gasteiger partial charge on any atom is -0.378 e. The van der Waals surface area contributed by atoms with Gasteiger partial charge in [-0.1, -0.05) is 12.1 Å². The summed E-state index contributed by atoms with van der Waals surface area (Å²) in [5.41, 5.74) is 7.22. The zero-order chi connectivity index (χ0) is 12.5. The van der Waals surface area contributed by atoms with Crippen molar-refractivity contribution in [2.24, 2.45) is 5.73 Å². The van der Waals surface area contributed by atoms with Crippen LogP contribution in [0.2, 0.25) is 0 Å². The van der Waals surface area contributed by atoms with Crippen molar-refractivity contribution < 1.29 is 9.13 Å². The molecule has 2 N–H and O–H groups in total. The van der Waals surface area contributed by atoms with E-state index in [-0.39, 0.29) is 5.82 Å². The van der Waals surface area contributed by atoms with Crippen LogP contribution in [-0.2, 0) is 11.3 Å². The molecule has 2 heterocycles. The highest BCUT2D eigenvalue weighted by Crippen LogP contribution is 2.28. The number of piperidine rings is 1. The smallest absolute Gasteiger partial charge is 0.123 e. The normalized spacial score (nSPS) is 32.4. The number of halogens is 1. The molecule has 2 bridgehead atoms. The first-order chi connectivity index (χ1) is 8.72. The molecule has 0 saturated carbocycles. The van der Waals surface area contributed by atoms with Gasteiger partial charge in [-0.15, -0.1) is 0 Å². The third kappa shape index (κ3) is 2.41. The van der Waals surface area contributed by atoms with Gasteiger partial charge >= 0.3 is 0 Å². The summed E-state index contributed by atoms with van der Waals surface area (Å²) in [6.07, 6.45) is 2.00. The molecule has 1 unspecified atom stereocenters. The minimum atomic E-state index is -0.178. The minimum absolute atomic E-state index is 0.178. The van der Waals surface area contributed by atoms with Crippen LogP contribution in [-0.4, -0.2) is 36.2 Å². The van der Waals surface area contributed by atoms with Crippen molar-refractivity contribution in [2.45, 2.75) is 37.5 Å². The summed E-state index contributed by atoms with van der Waals surface area (Å²) >= 11 is 0. The first-order valence-electron chi connectivity index (χ1n) is 6.56. The lowest BCUT2D eigenvalue weighted by atomic mass is 9.90. The van der Waals surface area contributed by atoms with Crippen LogP contribution in [0.15, 0.2) is 24.3 Å². The molecule has 0 radical (unpaired) electrons. The van der Waals surface area contributed by atoms with E-state index in [1.807, 2.05) is 12.1 Å². The first-order valence-corrected chi connectivity index (χ1v) is 6.56. The Morgan fingerprint density at radius 3 is 2.39 bits per heavy atom. The van der Waals surface area contributed by atoms with Crippen LogP contribution in [0.25, 0.3) is 0 Å². The second kappa shape index (κ2) is 4.96. The van der Waals surface area contributed by atoms with E-state index >= 15 is 0 Å². The number of rotatable bonds is 2. The van der Waals surface area contributed by atoms with Crippen molar-refractivity contribution in [3.05, 3.63) is 35.6 Å². The molecule has 98 valence electrons. The van der Waals surface area contributed by atoms with Gasteiger partial charge in [0.2, 0.25) is 0 Å². The van der Waals surface area contributed by atoms with Crippen LogP contribution in [0.4, 0.5) is 4.39 Å². The van der Waals surface area contributed by atoms with Crippen molar-refractivity contribution in [3.63, 3.8) is 0 Å². The lowest BCUT2D eigenvalue weighted by molar-refractivity contribution is -0.0819. The Morgan fingerprint density at radius 1 is 1.17 bits per heavy atom. The van der Waals surface area contributed by atoms with Crippen LogP contribution < -0.4 is 5.73 Å². The molecule has 4 heteroatoms. The SMILES string of the molecule is NC1C[C@H]2COC[C@@H](C1)N2Cc1ccc(F)cc1. The van der Waals surface area contributed by atoms with Crippen LogP contribution in [0.3, 0.4) is 0 Å². The van der Waals surface area contributed by atoms with E-state index < -0.39 is 0 Å². The molecular formula is C14H19FN2O. The molecule has 2 aliphatic heterocycles. The molecule has 0 amide bonds. The van der Waals surface area contributed by atoms with E-state index in [1.54, 1.807) is 0 Å². The molecule has 2 fully saturated rings. The molecule has 2 aliphatic rings. The van der Waals surface area contributed by atoms with E-state index in [2.05, 4.69) is 4.90 Å². The number of ether oxygens (including phenoxy) is 1. The van der Waals surface area contributed by atoms with Crippen LogP contribution >= 0.6 is 0 Å². The Kier molecular flexibility index (Phi) is 3.33. The largest absolute Gasteiger partial charge is 0.378 e. The van der Waals surface area contributed by atoms with Gasteiger partial charge in [-0.05, 0) is 30.5 Å². The fourth-order valence-electron chi connectivity index (χ4n) is 3.09. The monoisotopic (exact) mass is 250 g/mol. The highest BCUT2D eigenvalue weighted by molar-refractivity contribution is 5.16. The van der Waals surface area contributed by atoms with Crippen molar-refractivity contribution >= 4 is 0 Å². The van der Waals surface area contributed by atoms with E-state index in [0.717, 1.165) is 38.2 Å². The quantitative estimate of drug-likeness (QED) is 0.865. The van der Waals surface area contributed by atoms with Gasteiger partial charge in [0.05, 0.1) is 13.2 Å². The predicted octanol–water partition coefficient (Wildman–Crippen LogP) is 1.52. The zero-order valence-electron chi connectivity index (χ0n) is 10.4. The van der Waals surface area contributed by atoms with Crippen LogP contribution in [0.5, 0.6) is 0 Å². The number of nitrogens with zero attached hydrogens (tertiary/aromatic N) is 1. The van der Waals surface area contributed by atoms with Gasteiger partial charge < -0.3 is 10.5 Å². The maximum absolute atomic E-state index is 12.9. The summed E-state index contributed by atoms with van der Waals surface area (Å²) in [5.74, 6) is -0.178. The molecule has 3 rings (SSSR count). The van der Waals surface area contributed by atoms with Crippen molar-refractivity contribution in [1.29, 1.82) is 0 Å². The van der Waals surface area contributed by atoms with Crippen LogP contribution in [0, 0.1) is 5.82 Å². The van der Waals surface area contributed by atoms with E-state index in [4.69, 9.17) is 10.5 Å². The fourth-order valence-corrected chi connectivity index (χ4v) is 3.09. The average molecular weight is 250 g/mol. The number of nitrogens with two attached hydrogens (primary N) is 1. The Morgan fingerprint density at radius 2 is 1.78 bits per heavy atom. The second-order valence-corrected chi connectivity index (χ2v) is 5.38. The number of morpholine rings is 1. The Balaban J connectivity index is 1.73. The fraction of sp³-hybridized carbons (Fsp3) is 0.571. The summed E-state index contributed by atoms with van der Waals surface area (Å²) < 4.78 is 18.5. The van der Waals surface area contributed by atoms with Gasteiger partial charge in [-0.25, -0.2) is 4.39 Å². The third-order valence-corrected chi connectivity index (χ3v) is 3.99. The standard InChI is InChI=1S/C14H19FN2O/c15-11-3-1-10(2-4-11)7-17-13-5-12(16)6-14(17)9-18-8-13/h1-4,12-14H,5-9,16H2/t12?,13-,14+. The molecule has 18 heavy (non-hydrogen) atoms. The van der Waals surface area contributed by atoms with E-state index in [9.17, 15) is 4.39 Å². The summed E-state index contributed by atoms with van der Waals surface area (Å²) in [6.45, 7) is 2.41. The molecule has 2 saturated heterocycles. The summed E-state index contributed by atoms with van der Waals surface area (Å²) in [4.78, 5) is 2.47. The lowest BCUT2D eigenvalue weighted by Crippen LogP contribution is -2.58. The Hall–Kier alpha value is -0.970. The van der Waals surface area contributed by atoms with Gasteiger partial charge in [0, 0.05) is 24.7 Å². The van der Waals surface area contributed by atoms with Crippen molar-refractivity contribution in [2.75, 3.05) is 13.2 Å². The predicted molar refractivity (Wildman–Crippen MR) is 67.5 cm³/mol. The Bertz CT molecular complexity index is 395. The topological polar surface area (TPSA) is 38.5 Å². The van der Waals surface area contributed by atoms with Gasteiger partial charge in [-0.2, -0.15) is 0 Å². The van der Waals surface area contributed by atoms with E-state index in [1.165, 1.54) is 12.1 Å². The molecule has 1 aromatic carbocycles. The third-order valence-electron chi connectivity index (χ3n) is 3.99. The number of fused-ring (bicyclic) bond motifs is 2. The highest BCUT2D eigenvalue weighted by atomic mass is 19.1. The van der Waals surface area contributed by atoms with E-state index in [0.29, 0.717) is 18.1 Å². The van der Waals surface area contributed by atoms with Gasteiger partial charge in [0.15, 0.2) is 0 Å². The molecular weight excluding hydrogens is 231 g/mol. The maximum atomic E-state index is 12.9. The number of hydrogen-bond donors (Lipinski definition) is 1. The second-order valence-electron chi connectivity index (χ2n) is 5.38. The molecule has 3 nitrogen and oxygen atoms in total.